The fourth-order valence-electron chi connectivity index (χ4n) is 0.964. The average Bonchev–Trinajstić information content (AvgIpc) is 2.14. The fourth-order valence-corrected chi connectivity index (χ4v) is 0.964. The van der Waals surface area contributed by atoms with Crippen LogP contribution in [0.3, 0.4) is 0 Å². The summed E-state index contributed by atoms with van der Waals surface area (Å²) in [5.74, 6) is 0.455. The van der Waals surface area contributed by atoms with Crippen LogP contribution in [0.1, 0.15) is 27.7 Å². The van der Waals surface area contributed by atoms with Crippen LogP contribution in [0.5, 0.6) is 0 Å². The highest BCUT2D eigenvalue weighted by Crippen LogP contribution is 1.90. The van der Waals surface area contributed by atoms with Crippen molar-refractivity contribution in [2.45, 2.75) is 27.7 Å². The standard InChI is InChI=1S/C9H22N4O4/c1-8(2)5-12(14)10-16-7-17-11-13(15)6-9(3)4/h8-9H,5-7H2,1-4H3,(H,10,14)(H,11,15)/q+2. The molecule has 0 unspecified atom stereocenters. The molecule has 17 heavy (non-hydrogen) atoms. The summed E-state index contributed by atoms with van der Waals surface area (Å²) in [6.45, 7) is 7.98. The molecular weight excluding hydrogens is 228 g/mol. The largest absolute Gasteiger partial charge is 0.230 e. The topological polar surface area (TPSA) is 82.7 Å². The van der Waals surface area contributed by atoms with Gasteiger partial charge in [-0.2, -0.15) is 9.68 Å². The van der Waals surface area contributed by atoms with Crippen molar-refractivity contribution in [3.05, 3.63) is 9.81 Å². The van der Waals surface area contributed by atoms with E-state index in [2.05, 4.69) is 20.9 Å². The zero-order valence-electron chi connectivity index (χ0n) is 10.8. The SMILES string of the molecule is CC(C)C[N+](=O)NOCON[N+](=O)CC(C)C. The van der Waals surface area contributed by atoms with Gasteiger partial charge in [0.1, 0.15) is 9.74 Å². The first-order valence-corrected chi connectivity index (χ1v) is 5.56. The monoisotopic (exact) mass is 250 g/mol. The third-order valence-electron chi connectivity index (χ3n) is 1.51. The first-order chi connectivity index (χ1) is 7.91. The van der Waals surface area contributed by atoms with E-state index in [-0.39, 0.29) is 18.6 Å². The molecule has 0 aromatic carbocycles. The molecule has 0 saturated carbocycles. The number of hydrazine groups is 2. The second kappa shape index (κ2) is 8.82. The molecule has 0 saturated heterocycles. The second-order valence-corrected chi connectivity index (χ2v) is 4.50. The molecule has 0 aromatic rings. The van der Waals surface area contributed by atoms with E-state index in [1.54, 1.807) is 0 Å². The molecule has 0 aliphatic rings. The molecule has 0 radical (unpaired) electrons. The number of hydrogen-bond donors (Lipinski definition) is 2. The van der Waals surface area contributed by atoms with Gasteiger partial charge in [0.05, 0.1) is 9.81 Å². The van der Waals surface area contributed by atoms with Gasteiger partial charge in [-0.15, -0.1) is 0 Å². The maximum absolute atomic E-state index is 11.0. The van der Waals surface area contributed by atoms with E-state index < -0.39 is 0 Å². The summed E-state index contributed by atoms with van der Waals surface area (Å²) in [7, 11) is 0. The first-order valence-electron chi connectivity index (χ1n) is 5.56. The van der Waals surface area contributed by atoms with Gasteiger partial charge in [0.25, 0.3) is 0 Å². The average molecular weight is 250 g/mol. The van der Waals surface area contributed by atoms with Crippen LogP contribution in [-0.4, -0.2) is 29.6 Å². The second-order valence-electron chi connectivity index (χ2n) is 4.50. The Labute approximate surface area is 101 Å². The lowest BCUT2D eigenvalue weighted by molar-refractivity contribution is -0.686. The van der Waals surface area contributed by atoms with E-state index in [0.29, 0.717) is 22.8 Å². The zero-order chi connectivity index (χ0) is 13.3. The molecule has 0 fully saturated rings. The summed E-state index contributed by atoms with van der Waals surface area (Å²) in [6.07, 6.45) is 0. The van der Waals surface area contributed by atoms with Gasteiger partial charge >= 0.3 is 0 Å². The van der Waals surface area contributed by atoms with Crippen LogP contribution in [-0.2, 0) is 9.68 Å². The highest BCUT2D eigenvalue weighted by atomic mass is 16.8. The Hall–Kier alpha value is -1.28. The maximum Gasteiger partial charge on any atom is 0.230 e. The van der Waals surface area contributed by atoms with E-state index in [1.807, 2.05) is 27.7 Å². The molecular formula is C9H22N4O4+2. The lowest BCUT2D eigenvalue weighted by Crippen LogP contribution is -2.34. The molecule has 2 N–H and O–H groups in total. The smallest absolute Gasteiger partial charge is 0.193 e. The molecule has 0 heterocycles. The lowest BCUT2D eigenvalue weighted by Gasteiger charge is -2.01. The Morgan fingerprint density at radius 1 is 0.882 bits per heavy atom. The van der Waals surface area contributed by atoms with Crippen LogP contribution in [0, 0.1) is 21.6 Å². The minimum absolute atomic E-state index is 0.228. The van der Waals surface area contributed by atoms with Crippen molar-refractivity contribution in [3.8, 4) is 0 Å². The van der Waals surface area contributed by atoms with Crippen LogP contribution in [0.2, 0.25) is 0 Å². The summed E-state index contributed by atoms with van der Waals surface area (Å²) < 4.78 is 0. The summed E-state index contributed by atoms with van der Waals surface area (Å²) in [4.78, 5) is 32.5. The first kappa shape index (κ1) is 15.7. The maximum atomic E-state index is 11.0. The number of rotatable bonds is 10. The van der Waals surface area contributed by atoms with Crippen molar-refractivity contribution in [2.24, 2.45) is 11.8 Å². The zero-order valence-corrected chi connectivity index (χ0v) is 10.8. The predicted molar refractivity (Wildman–Crippen MR) is 60.0 cm³/mol. The number of nitrogens with zero attached hydrogens (tertiary/aromatic N) is 2. The minimum atomic E-state index is -0.256. The Morgan fingerprint density at radius 2 is 1.24 bits per heavy atom. The van der Waals surface area contributed by atoms with Crippen molar-refractivity contribution in [3.63, 3.8) is 0 Å². The normalized spacial score (nSPS) is 10.7. The van der Waals surface area contributed by atoms with Crippen molar-refractivity contribution in [1.82, 2.24) is 11.2 Å². The van der Waals surface area contributed by atoms with Crippen LogP contribution >= 0.6 is 0 Å². The Kier molecular flexibility index (Phi) is 8.16. The van der Waals surface area contributed by atoms with Gasteiger partial charge in [-0.25, -0.2) is 0 Å². The molecule has 0 bridgehead atoms. The van der Waals surface area contributed by atoms with Crippen LogP contribution in [0.25, 0.3) is 0 Å². The molecule has 8 nitrogen and oxygen atoms in total. The van der Waals surface area contributed by atoms with E-state index in [1.165, 1.54) is 0 Å². The van der Waals surface area contributed by atoms with Gasteiger partial charge in [0.15, 0.2) is 0 Å². The third kappa shape index (κ3) is 11.0. The van der Waals surface area contributed by atoms with Crippen molar-refractivity contribution in [2.75, 3.05) is 19.9 Å². The number of nitroso groups, excluding NO2 is 2. The molecule has 0 aliphatic heterocycles. The van der Waals surface area contributed by atoms with Crippen molar-refractivity contribution in [1.29, 1.82) is 0 Å². The van der Waals surface area contributed by atoms with E-state index in [4.69, 9.17) is 0 Å². The summed E-state index contributed by atoms with van der Waals surface area (Å²) in [5, 5.41) is 0. The van der Waals surface area contributed by atoms with Gasteiger partial charge in [0.2, 0.25) is 19.9 Å². The van der Waals surface area contributed by atoms with E-state index >= 15 is 0 Å². The molecule has 0 atom stereocenters. The van der Waals surface area contributed by atoms with Gasteiger partial charge in [-0.1, -0.05) is 27.7 Å². The number of hydrogen-bond acceptors (Lipinski definition) is 4. The van der Waals surface area contributed by atoms with Crippen LogP contribution in [0.15, 0.2) is 0 Å². The minimum Gasteiger partial charge on any atom is -0.193 e. The van der Waals surface area contributed by atoms with Gasteiger partial charge < -0.3 is 0 Å². The van der Waals surface area contributed by atoms with Crippen LogP contribution < -0.4 is 11.2 Å². The quantitative estimate of drug-likeness (QED) is 0.257. The van der Waals surface area contributed by atoms with Crippen molar-refractivity contribution >= 4 is 0 Å². The fraction of sp³-hybridized carbons (Fsp3) is 1.00. The molecule has 0 spiro atoms. The predicted octanol–water partition coefficient (Wildman–Crippen LogP) is 0.686. The Balaban J connectivity index is 3.40. The van der Waals surface area contributed by atoms with Gasteiger partial charge in [0, 0.05) is 11.8 Å². The molecule has 0 aromatic heterocycles. The highest BCUT2D eigenvalue weighted by Gasteiger charge is 2.12. The summed E-state index contributed by atoms with van der Waals surface area (Å²) in [5.41, 5.74) is 4.24. The van der Waals surface area contributed by atoms with E-state index in [9.17, 15) is 9.81 Å². The van der Waals surface area contributed by atoms with Gasteiger partial charge in [-0.3, -0.25) is 0 Å². The Bertz CT molecular complexity index is 221. The molecule has 0 amide bonds. The molecule has 0 rings (SSSR count). The Morgan fingerprint density at radius 3 is 1.53 bits per heavy atom. The third-order valence-corrected chi connectivity index (χ3v) is 1.51. The molecule has 100 valence electrons. The number of nitrogens with one attached hydrogen (secondary N) is 2. The van der Waals surface area contributed by atoms with Gasteiger partial charge in [-0.05, 0) is 11.2 Å². The summed E-state index contributed by atoms with van der Waals surface area (Å²) >= 11 is 0. The van der Waals surface area contributed by atoms with E-state index in [0.717, 1.165) is 0 Å². The van der Waals surface area contributed by atoms with Crippen LogP contribution in [0.4, 0.5) is 0 Å². The lowest BCUT2D eigenvalue weighted by atomic mass is 10.2. The molecule has 8 heteroatoms. The summed E-state index contributed by atoms with van der Waals surface area (Å²) in [6, 6.07) is 0. The van der Waals surface area contributed by atoms with Crippen molar-refractivity contribution < 1.29 is 19.4 Å². The molecule has 0 aliphatic carbocycles. The highest BCUT2D eigenvalue weighted by molar-refractivity contribution is 4.34.